The van der Waals surface area contributed by atoms with E-state index in [0.29, 0.717) is 5.92 Å². The molecule has 1 aromatic rings. The summed E-state index contributed by atoms with van der Waals surface area (Å²) in [4.78, 5) is 0. The molecule has 0 amide bonds. The van der Waals surface area contributed by atoms with Gasteiger partial charge in [0.2, 0.25) is 0 Å². The van der Waals surface area contributed by atoms with Crippen LogP contribution in [0.3, 0.4) is 0 Å². The molecule has 1 aromatic heterocycles. The van der Waals surface area contributed by atoms with Crippen LogP contribution >= 0.6 is 0 Å². The largest absolute Gasteiger partial charge is 0.312 e. The number of hydrogen-bond donors (Lipinski definition) is 1. The average molecular weight is 237 g/mol. The molecule has 0 saturated carbocycles. The molecule has 0 aliphatic heterocycles. The second kappa shape index (κ2) is 5.67. The van der Waals surface area contributed by atoms with Crippen molar-refractivity contribution in [2.75, 3.05) is 6.54 Å². The second-order valence-electron chi connectivity index (χ2n) is 6.04. The number of hydrogen-bond acceptors (Lipinski definition) is 2. The van der Waals surface area contributed by atoms with Crippen LogP contribution in [0.1, 0.15) is 46.0 Å². The standard InChI is InChI=1S/C14H27N3/c1-7-12-9-13(17(6)16-12)8-11(2)10-15-14(3,4)5/h9,11,15H,7-8,10H2,1-6H3. The van der Waals surface area contributed by atoms with Crippen LogP contribution in [0.5, 0.6) is 0 Å². The van der Waals surface area contributed by atoms with Crippen molar-refractivity contribution in [3.8, 4) is 0 Å². The van der Waals surface area contributed by atoms with E-state index in [4.69, 9.17) is 0 Å². The first-order chi connectivity index (χ1) is 7.81. The summed E-state index contributed by atoms with van der Waals surface area (Å²) < 4.78 is 2.02. The van der Waals surface area contributed by atoms with Crippen molar-refractivity contribution in [1.29, 1.82) is 0 Å². The highest BCUT2D eigenvalue weighted by molar-refractivity contribution is 5.10. The third-order valence-corrected chi connectivity index (χ3v) is 2.93. The normalized spacial score (nSPS) is 14.0. The zero-order valence-corrected chi connectivity index (χ0v) is 12.2. The fraction of sp³-hybridized carbons (Fsp3) is 0.786. The number of aryl methyl sites for hydroxylation is 2. The average Bonchev–Trinajstić information content (AvgIpc) is 2.56. The lowest BCUT2D eigenvalue weighted by Crippen LogP contribution is -2.39. The zero-order valence-electron chi connectivity index (χ0n) is 12.2. The minimum atomic E-state index is 0.204. The second-order valence-corrected chi connectivity index (χ2v) is 6.04. The van der Waals surface area contributed by atoms with Crippen molar-refractivity contribution in [2.45, 2.75) is 53.0 Å². The van der Waals surface area contributed by atoms with E-state index < -0.39 is 0 Å². The number of rotatable bonds is 5. The first-order valence-corrected chi connectivity index (χ1v) is 6.58. The maximum Gasteiger partial charge on any atom is 0.0624 e. The SMILES string of the molecule is CCc1cc(CC(C)CNC(C)(C)C)n(C)n1. The molecule has 0 bridgehead atoms. The summed E-state index contributed by atoms with van der Waals surface area (Å²) in [5, 5.41) is 8.04. The Hall–Kier alpha value is -0.830. The number of nitrogens with zero attached hydrogens (tertiary/aromatic N) is 2. The number of nitrogens with one attached hydrogen (secondary N) is 1. The van der Waals surface area contributed by atoms with Crippen molar-refractivity contribution < 1.29 is 0 Å². The fourth-order valence-corrected chi connectivity index (χ4v) is 1.84. The van der Waals surface area contributed by atoms with E-state index >= 15 is 0 Å². The van der Waals surface area contributed by atoms with Crippen LogP contribution < -0.4 is 5.32 Å². The van der Waals surface area contributed by atoms with Crippen molar-refractivity contribution in [2.24, 2.45) is 13.0 Å². The van der Waals surface area contributed by atoms with Gasteiger partial charge in [-0.3, -0.25) is 4.68 Å². The Bertz CT molecular complexity index is 347. The summed E-state index contributed by atoms with van der Waals surface area (Å²) in [6.07, 6.45) is 2.11. The van der Waals surface area contributed by atoms with Gasteiger partial charge in [0.05, 0.1) is 5.69 Å². The van der Waals surface area contributed by atoms with Gasteiger partial charge in [0.1, 0.15) is 0 Å². The highest BCUT2D eigenvalue weighted by atomic mass is 15.3. The quantitative estimate of drug-likeness (QED) is 0.853. The molecule has 0 fully saturated rings. The van der Waals surface area contributed by atoms with Gasteiger partial charge in [-0.25, -0.2) is 0 Å². The highest BCUT2D eigenvalue weighted by Crippen LogP contribution is 2.11. The van der Waals surface area contributed by atoms with Crippen LogP contribution in [0.4, 0.5) is 0 Å². The van der Waals surface area contributed by atoms with Crippen molar-refractivity contribution in [1.82, 2.24) is 15.1 Å². The van der Waals surface area contributed by atoms with E-state index in [1.54, 1.807) is 0 Å². The molecule has 3 nitrogen and oxygen atoms in total. The monoisotopic (exact) mass is 237 g/mol. The van der Waals surface area contributed by atoms with Crippen molar-refractivity contribution in [3.05, 3.63) is 17.5 Å². The van der Waals surface area contributed by atoms with Gasteiger partial charge in [-0.2, -0.15) is 5.10 Å². The molecular weight excluding hydrogens is 210 g/mol. The summed E-state index contributed by atoms with van der Waals surface area (Å²) in [7, 11) is 2.04. The lowest BCUT2D eigenvalue weighted by molar-refractivity contribution is 0.378. The van der Waals surface area contributed by atoms with E-state index in [1.807, 2.05) is 11.7 Å². The Morgan fingerprint density at radius 3 is 2.53 bits per heavy atom. The van der Waals surface area contributed by atoms with Crippen LogP contribution in [0.15, 0.2) is 6.07 Å². The topological polar surface area (TPSA) is 29.9 Å². The van der Waals surface area contributed by atoms with Crippen molar-refractivity contribution >= 4 is 0 Å². The first kappa shape index (κ1) is 14.2. The Labute approximate surface area is 106 Å². The third kappa shape index (κ3) is 4.90. The highest BCUT2D eigenvalue weighted by Gasteiger charge is 2.13. The van der Waals surface area contributed by atoms with Crippen molar-refractivity contribution in [3.63, 3.8) is 0 Å². The summed E-state index contributed by atoms with van der Waals surface area (Å²) in [5.41, 5.74) is 2.73. The molecular formula is C14H27N3. The minimum absolute atomic E-state index is 0.204. The van der Waals surface area contributed by atoms with Gasteiger partial charge >= 0.3 is 0 Å². The van der Waals surface area contributed by atoms with Gasteiger partial charge in [0.25, 0.3) is 0 Å². The predicted molar refractivity (Wildman–Crippen MR) is 73.2 cm³/mol. The third-order valence-electron chi connectivity index (χ3n) is 2.93. The maximum absolute atomic E-state index is 4.49. The van der Waals surface area contributed by atoms with Gasteiger partial charge < -0.3 is 5.32 Å². The molecule has 0 aliphatic rings. The van der Waals surface area contributed by atoms with Gasteiger partial charge in [-0.05, 0) is 52.1 Å². The maximum atomic E-state index is 4.49. The Morgan fingerprint density at radius 2 is 2.06 bits per heavy atom. The molecule has 17 heavy (non-hydrogen) atoms. The fourth-order valence-electron chi connectivity index (χ4n) is 1.84. The lowest BCUT2D eigenvalue weighted by Gasteiger charge is -2.23. The van der Waals surface area contributed by atoms with Crippen LogP contribution in [0.25, 0.3) is 0 Å². The molecule has 98 valence electrons. The van der Waals surface area contributed by atoms with Gasteiger partial charge in [-0.1, -0.05) is 13.8 Å². The van der Waals surface area contributed by atoms with E-state index in [9.17, 15) is 0 Å². The Balaban J connectivity index is 2.50. The van der Waals surface area contributed by atoms with Gasteiger partial charge in [0, 0.05) is 18.3 Å². The molecule has 1 rings (SSSR count). The molecule has 0 radical (unpaired) electrons. The Morgan fingerprint density at radius 1 is 1.41 bits per heavy atom. The van der Waals surface area contributed by atoms with E-state index in [0.717, 1.165) is 19.4 Å². The van der Waals surface area contributed by atoms with E-state index in [2.05, 4.69) is 51.1 Å². The molecule has 0 saturated heterocycles. The van der Waals surface area contributed by atoms with E-state index in [-0.39, 0.29) is 5.54 Å². The van der Waals surface area contributed by atoms with E-state index in [1.165, 1.54) is 11.4 Å². The lowest BCUT2D eigenvalue weighted by atomic mass is 10.0. The first-order valence-electron chi connectivity index (χ1n) is 6.58. The van der Waals surface area contributed by atoms with Gasteiger partial charge in [0.15, 0.2) is 0 Å². The summed E-state index contributed by atoms with van der Waals surface area (Å²) in [6.45, 7) is 12.1. The molecule has 0 spiro atoms. The van der Waals surface area contributed by atoms with Crippen LogP contribution in [-0.4, -0.2) is 21.9 Å². The summed E-state index contributed by atoms with van der Waals surface area (Å²) in [5.74, 6) is 0.634. The van der Waals surface area contributed by atoms with Crippen LogP contribution in [0, 0.1) is 5.92 Å². The molecule has 1 unspecified atom stereocenters. The molecule has 1 atom stereocenters. The van der Waals surface area contributed by atoms with Crippen LogP contribution in [-0.2, 0) is 19.9 Å². The molecule has 0 aromatic carbocycles. The molecule has 1 heterocycles. The van der Waals surface area contributed by atoms with Gasteiger partial charge in [-0.15, -0.1) is 0 Å². The molecule has 0 aliphatic carbocycles. The zero-order chi connectivity index (χ0) is 13.1. The minimum Gasteiger partial charge on any atom is -0.312 e. The van der Waals surface area contributed by atoms with Crippen LogP contribution in [0.2, 0.25) is 0 Å². The Kier molecular flexibility index (Phi) is 4.75. The molecule has 1 N–H and O–H groups in total. The summed E-state index contributed by atoms with van der Waals surface area (Å²) in [6, 6.07) is 2.23. The summed E-state index contributed by atoms with van der Waals surface area (Å²) >= 11 is 0. The smallest absolute Gasteiger partial charge is 0.0624 e. The predicted octanol–water partition coefficient (Wildman–Crippen LogP) is 2.55. The molecule has 3 heteroatoms. The number of aromatic nitrogens is 2.